The maximum absolute atomic E-state index is 13.5. The number of carbonyl (C=O) groups excluding carboxylic acids is 1. The molecule has 1 heterocycles. The second kappa shape index (κ2) is 7.65. The molecule has 31 heavy (non-hydrogen) atoms. The molecule has 1 saturated carbocycles. The van der Waals surface area contributed by atoms with Crippen molar-refractivity contribution in [2.45, 2.75) is 37.8 Å². The van der Waals surface area contributed by atoms with E-state index < -0.39 is 5.54 Å². The number of fused-ring (bicyclic) bond motifs is 2. The van der Waals surface area contributed by atoms with Crippen LogP contribution in [-0.4, -0.2) is 10.5 Å². The van der Waals surface area contributed by atoms with Crippen molar-refractivity contribution in [3.63, 3.8) is 0 Å². The highest BCUT2D eigenvalue weighted by atomic mass is 19.1. The molecular formula is C26H23FN2O2. The summed E-state index contributed by atoms with van der Waals surface area (Å²) >= 11 is 0. The number of hydrogen-bond donors (Lipinski definition) is 1. The Balaban J connectivity index is 1.55. The smallest absolute Gasteiger partial charge is 0.240 e. The maximum Gasteiger partial charge on any atom is 0.240 e. The molecule has 1 aromatic heterocycles. The SMILES string of the molecule is O=C(Cn1c2ccccc2c(=O)c2ccccc21)NC1(c2ccc(F)cc2)CCCC1. The monoisotopic (exact) mass is 414 g/mol. The number of para-hydroxylation sites is 2. The van der Waals surface area contributed by atoms with Crippen molar-refractivity contribution in [1.82, 2.24) is 9.88 Å². The molecule has 1 aliphatic carbocycles. The minimum atomic E-state index is -0.477. The molecule has 0 atom stereocenters. The zero-order chi connectivity index (χ0) is 21.4. The molecule has 0 unspecified atom stereocenters. The molecule has 4 aromatic rings. The van der Waals surface area contributed by atoms with Gasteiger partial charge in [-0.3, -0.25) is 9.59 Å². The highest BCUT2D eigenvalue weighted by molar-refractivity contribution is 5.95. The molecular weight excluding hydrogens is 391 g/mol. The molecule has 156 valence electrons. The van der Waals surface area contributed by atoms with E-state index in [4.69, 9.17) is 0 Å². The van der Waals surface area contributed by atoms with E-state index in [0.29, 0.717) is 10.8 Å². The number of nitrogens with zero attached hydrogens (tertiary/aromatic N) is 1. The number of amides is 1. The quantitative estimate of drug-likeness (QED) is 0.484. The zero-order valence-corrected chi connectivity index (χ0v) is 17.1. The Labute approximate surface area is 179 Å². The van der Waals surface area contributed by atoms with Crippen molar-refractivity contribution in [1.29, 1.82) is 0 Å². The largest absolute Gasteiger partial charge is 0.345 e. The van der Waals surface area contributed by atoms with Gasteiger partial charge in [-0.15, -0.1) is 0 Å². The highest BCUT2D eigenvalue weighted by Gasteiger charge is 2.37. The summed E-state index contributed by atoms with van der Waals surface area (Å²) in [6.45, 7) is 0.101. The van der Waals surface area contributed by atoms with Gasteiger partial charge in [0.2, 0.25) is 5.91 Å². The summed E-state index contributed by atoms with van der Waals surface area (Å²) in [5, 5.41) is 4.46. The minimum Gasteiger partial charge on any atom is -0.345 e. The first-order valence-electron chi connectivity index (χ1n) is 10.6. The van der Waals surface area contributed by atoms with E-state index in [9.17, 15) is 14.0 Å². The van der Waals surface area contributed by atoms with E-state index in [-0.39, 0.29) is 23.7 Å². The Hall–Kier alpha value is -3.47. The first-order valence-corrected chi connectivity index (χ1v) is 10.6. The van der Waals surface area contributed by atoms with Crippen molar-refractivity contribution < 1.29 is 9.18 Å². The minimum absolute atomic E-state index is 0.0265. The summed E-state index contributed by atoms with van der Waals surface area (Å²) in [4.78, 5) is 26.2. The molecule has 0 spiro atoms. The number of halogens is 1. The van der Waals surface area contributed by atoms with Gasteiger partial charge in [0.1, 0.15) is 12.4 Å². The van der Waals surface area contributed by atoms with Crippen molar-refractivity contribution in [3.8, 4) is 0 Å². The predicted molar refractivity (Wildman–Crippen MR) is 120 cm³/mol. The van der Waals surface area contributed by atoms with Crippen molar-refractivity contribution in [2.24, 2.45) is 0 Å². The van der Waals surface area contributed by atoms with E-state index in [1.54, 1.807) is 24.3 Å². The standard InChI is InChI=1S/C26H23FN2O2/c27-19-13-11-18(12-14-19)26(15-5-6-16-26)28-24(30)17-29-22-9-3-1-7-20(22)25(31)21-8-2-4-10-23(21)29/h1-4,7-14H,5-6,15-17H2,(H,28,30). The topological polar surface area (TPSA) is 51.1 Å². The molecule has 0 saturated heterocycles. The van der Waals surface area contributed by atoms with E-state index in [2.05, 4.69) is 5.32 Å². The first-order chi connectivity index (χ1) is 15.1. The molecule has 0 aliphatic heterocycles. The number of rotatable bonds is 4. The second-order valence-corrected chi connectivity index (χ2v) is 8.29. The van der Waals surface area contributed by atoms with Crippen LogP contribution in [0.4, 0.5) is 4.39 Å². The van der Waals surface area contributed by atoms with Crippen molar-refractivity contribution in [2.75, 3.05) is 0 Å². The van der Waals surface area contributed by atoms with Gasteiger partial charge in [-0.05, 0) is 54.8 Å². The zero-order valence-electron chi connectivity index (χ0n) is 17.1. The Kier molecular flexibility index (Phi) is 4.81. The third kappa shape index (κ3) is 3.40. The van der Waals surface area contributed by atoms with Crippen LogP contribution in [0.2, 0.25) is 0 Å². The van der Waals surface area contributed by atoms with Gasteiger partial charge in [-0.1, -0.05) is 49.2 Å². The number of hydrogen-bond acceptors (Lipinski definition) is 2. The third-order valence-electron chi connectivity index (χ3n) is 6.41. The van der Waals surface area contributed by atoms with Crippen LogP contribution in [0.3, 0.4) is 0 Å². The first kappa shape index (κ1) is 19.5. The van der Waals surface area contributed by atoms with E-state index in [1.807, 2.05) is 41.0 Å². The van der Waals surface area contributed by atoms with Crippen LogP contribution in [0.15, 0.2) is 77.6 Å². The van der Waals surface area contributed by atoms with Crippen LogP contribution in [-0.2, 0) is 16.9 Å². The lowest BCUT2D eigenvalue weighted by Gasteiger charge is -2.31. The van der Waals surface area contributed by atoms with Gasteiger partial charge in [0.15, 0.2) is 5.43 Å². The van der Waals surface area contributed by atoms with Gasteiger partial charge < -0.3 is 9.88 Å². The lowest BCUT2D eigenvalue weighted by Crippen LogP contribution is -2.45. The van der Waals surface area contributed by atoms with Gasteiger partial charge in [0.05, 0.1) is 16.6 Å². The molecule has 4 nitrogen and oxygen atoms in total. The van der Waals surface area contributed by atoms with E-state index in [1.165, 1.54) is 12.1 Å². The lowest BCUT2D eigenvalue weighted by atomic mass is 9.88. The van der Waals surface area contributed by atoms with Crippen LogP contribution in [0, 0.1) is 5.82 Å². The summed E-state index contributed by atoms with van der Waals surface area (Å²) in [7, 11) is 0. The Morgan fingerprint density at radius 1 is 0.871 bits per heavy atom. The molecule has 1 aliphatic rings. The van der Waals surface area contributed by atoms with Gasteiger partial charge >= 0.3 is 0 Å². The van der Waals surface area contributed by atoms with Crippen LogP contribution in [0.1, 0.15) is 31.2 Å². The van der Waals surface area contributed by atoms with Crippen LogP contribution in [0.5, 0.6) is 0 Å². The average Bonchev–Trinajstić information content (AvgIpc) is 3.26. The molecule has 0 bridgehead atoms. The van der Waals surface area contributed by atoms with Gasteiger partial charge in [0.25, 0.3) is 0 Å². The maximum atomic E-state index is 13.5. The van der Waals surface area contributed by atoms with Crippen LogP contribution >= 0.6 is 0 Å². The van der Waals surface area contributed by atoms with Crippen LogP contribution in [0.25, 0.3) is 21.8 Å². The van der Waals surface area contributed by atoms with E-state index >= 15 is 0 Å². The molecule has 3 aromatic carbocycles. The van der Waals surface area contributed by atoms with Gasteiger partial charge in [0, 0.05) is 10.8 Å². The third-order valence-corrected chi connectivity index (χ3v) is 6.41. The predicted octanol–water partition coefficient (Wildman–Crippen LogP) is 4.88. The number of aromatic nitrogens is 1. The van der Waals surface area contributed by atoms with E-state index in [0.717, 1.165) is 42.3 Å². The molecule has 1 amide bonds. The fourth-order valence-corrected chi connectivity index (χ4v) is 4.93. The molecule has 1 N–H and O–H groups in total. The summed E-state index contributed by atoms with van der Waals surface area (Å²) in [5.41, 5.74) is 1.91. The van der Waals surface area contributed by atoms with Gasteiger partial charge in [-0.2, -0.15) is 0 Å². The summed E-state index contributed by atoms with van der Waals surface area (Å²) in [6.07, 6.45) is 3.69. The molecule has 5 heteroatoms. The molecule has 0 radical (unpaired) electrons. The number of benzene rings is 3. The number of pyridine rings is 1. The van der Waals surface area contributed by atoms with Crippen molar-refractivity contribution in [3.05, 3.63) is 94.4 Å². The summed E-state index contributed by atoms with van der Waals surface area (Å²) in [6, 6.07) is 21.2. The number of carbonyl (C=O) groups is 1. The summed E-state index contributed by atoms with van der Waals surface area (Å²) < 4.78 is 15.4. The Morgan fingerprint density at radius 2 is 1.42 bits per heavy atom. The normalized spacial score (nSPS) is 15.4. The second-order valence-electron chi connectivity index (χ2n) is 8.29. The average molecular weight is 414 g/mol. The Morgan fingerprint density at radius 3 is 2.00 bits per heavy atom. The van der Waals surface area contributed by atoms with Gasteiger partial charge in [-0.25, -0.2) is 4.39 Å². The summed E-state index contributed by atoms with van der Waals surface area (Å²) in [5.74, 6) is -0.403. The fourth-order valence-electron chi connectivity index (χ4n) is 4.93. The fraction of sp³-hybridized carbons (Fsp3) is 0.231. The number of nitrogens with one attached hydrogen (secondary N) is 1. The highest BCUT2D eigenvalue weighted by Crippen LogP contribution is 2.38. The Bertz CT molecular complexity index is 1280. The molecule has 5 rings (SSSR count). The van der Waals surface area contributed by atoms with Crippen molar-refractivity contribution >= 4 is 27.7 Å². The lowest BCUT2D eigenvalue weighted by molar-refractivity contribution is -0.123. The molecule has 1 fully saturated rings. The van der Waals surface area contributed by atoms with Crippen LogP contribution < -0.4 is 10.7 Å².